The van der Waals surface area contributed by atoms with E-state index in [-0.39, 0.29) is 30.4 Å². The predicted octanol–water partition coefficient (Wildman–Crippen LogP) is 4.95. The maximum Gasteiger partial charge on any atom is 0.407 e. The summed E-state index contributed by atoms with van der Waals surface area (Å²) in [6, 6.07) is 20.4. The van der Waals surface area contributed by atoms with Gasteiger partial charge in [-0.05, 0) is 53.8 Å². The van der Waals surface area contributed by atoms with Crippen LogP contribution in [0.4, 0.5) is 10.5 Å². The molecule has 0 fully saturated rings. The first-order chi connectivity index (χ1) is 16.3. The Morgan fingerprint density at radius 3 is 2.21 bits per heavy atom. The molecule has 1 aliphatic carbocycles. The number of rotatable bonds is 7. The molecule has 0 radical (unpaired) electrons. The van der Waals surface area contributed by atoms with Crippen LogP contribution in [-0.2, 0) is 9.53 Å². The standard InChI is InChI=1S/C27H26N2O5/c1-16-11-12-18(14-23(16)26(31)32)29-25(30)13-17(2)28-27(33)34-15-24-21-9-5-3-7-19(21)20-8-4-6-10-22(20)24/h3-12,14,17,24H,13,15H2,1-2H3,(H,28,33)(H,29,30)(H,31,32)/t17-/m1/s1. The Labute approximate surface area is 197 Å². The van der Waals surface area contributed by atoms with Gasteiger partial charge in [0, 0.05) is 24.1 Å². The van der Waals surface area contributed by atoms with Crippen LogP contribution in [0.3, 0.4) is 0 Å². The fraction of sp³-hybridized carbons (Fsp3) is 0.222. The second kappa shape index (κ2) is 9.79. The van der Waals surface area contributed by atoms with Crippen molar-refractivity contribution in [1.82, 2.24) is 5.32 Å². The Morgan fingerprint density at radius 2 is 1.59 bits per heavy atom. The summed E-state index contributed by atoms with van der Waals surface area (Å²) in [4.78, 5) is 36.0. The number of carboxylic acids is 1. The van der Waals surface area contributed by atoms with Crippen LogP contribution in [-0.4, -0.2) is 35.7 Å². The van der Waals surface area contributed by atoms with Gasteiger partial charge in [0.15, 0.2) is 0 Å². The molecule has 174 valence electrons. The van der Waals surface area contributed by atoms with Crippen molar-refractivity contribution in [3.8, 4) is 11.1 Å². The molecule has 0 aromatic heterocycles. The van der Waals surface area contributed by atoms with Crippen molar-refractivity contribution in [2.75, 3.05) is 11.9 Å². The molecule has 3 N–H and O–H groups in total. The quantitative estimate of drug-likeness (QED) is 0.465. The molecule has 0 unspecified atom stereocenters. The van der Waals surface area contributed by atoms with Gasteiger partial charge in [0.25, 0.3) is 0 Å². The normalized spacial score (nSPS) is 12.9. The van der Waals surface area contributed by atoms with Gasteiger partial charge in [0.1, 0.15) is 6.61 Å². The lowest BCUT2D eigenvalue weighted by Gasteiger charge is -2.17. The largest absolute Gasteiger partial charge is 0.478 e. The number of fused-ring (bicyclic) bond motifs is 3. The number of benzene rings is 3. The van der Waals surface area contributed by atoms with Crippen LogP contribution in [0.15, 0.2) is 66.7 Å². The molecule has 0 heterocycles. The minimum Gasteiger partial charge on any atom is -0.478 e. The number of amides is 2. The van der Waals surface area contributed by atoms with Crippen molar-refractivity contribution in [3.05, 3.63) is 89.0 Å². The van der Waals surface area contributed by atoms with Crippen LogP contribution in [0.1, 0.15) is 46.3 Å². The van der Waals surface area contributed by atoms with E-state index in [1.807, 2.05) is 24.3 Å². The van der Waals surface area contributed by atoms with Gasteiger partial charge in [0.2, 0.25) is 5.91 Å². The van der Waals surface area contributed by atoms with Crippen molar-refractivity contribution in [3.63, 3.8) is 0 Å². The zero-order valence-electron chi connectivity index (χ0n) is 19.0. The van der Waals surface area contributed by atoms with Crippen LogP contribution >= 0.6 is 0 Å². The fourth-order valence-electron chi connectivity index (χ4n) is 4.31. The zero-order chi connectivity index (χ0) is 24.2. The Kier molecular flexibility index (Phi) is 6.63. The molecule has 3 aromatic rings. The van der Waals surface area contributed by atoms with Crippen molar-refractivity contribution in [2.24, 2.45) is 0 Å². The number of hydrogen-bond donors (Lipinski definition) is 3. The maximum absolute atomic E-state index is 12.4. The number of hydrogen-bond acceptors (Lipinski definition) is 4. The van der Waals surface area contributed by atoms with Crippen LogP contribution < -0.4 is 10.6 Å². The second-order valence-corrected chi connectivity index (χ2v) is 8.46. The van der Waals surface area contributed by atoms with E-state index in [1.54, 1.807) is 26.0 Å². The SMILES string of the molecule is Cc1ccc(NC(=O)C[C@@H](C)NC(=O)OCC2c3ccccc3-c3ccccc32)cc1C(=O)O. The highest BCUT2D eigenvalue weighted by atomic mass is 16.5. The third-order valence-corrected chi connectivity index (χ3v) is 5.95. The number of carboxylic acid groups (broad SMARTS) is 1. The molecule has 4 rings (SSSR count). The highest BCUT2D eigenvalue weighted by Gasteiger charge is 2.29. The fourth-order valence-corrected chi connectivity index (χ4v) is 4.31. The smallest absolute Gasteiger partial charge is 0.407 e. The molecule has 0 aliphatic heterocycles. The summed E-state index contributed by atoms with van der Waals surface area (Å²) in [5, 5.41) is 14.6. The summed E-state index contributed by atoms with van der Waals surface area (Å²) in [7, 11) is 0. The molecule has 34 heavy (non-hydrogen) atoms. The highest BCUT2D eigenvalue weighted by molar-refractivity contribution is 5.95. The zero-order valence-corrected chi connectivity index (χ0v) is 19.0. The maximum atomic E-state index is 12.4. The van der Waals surface area contributed by atoms with Crippen LogP contribution in [0.5, 0.6) is 0 Å². The molecule has 0 saturated carbocycles. The summed E-state index contributed by atoms with van der Waals surface area (Å²) in [6.45, 7) is 3.59. The Hall–Kier alpha value is -4.13. The minimum atomic E-state index is -1.06. The molecular formula is C27H26N2O5. The number of carbonyl (C=O) groups excluding carboxylic acids is 2. The van der Waals surface area contributed by atoms with Gasteiger partial charge in [-0.15, -0.1) is 0 Å². The molecule has 1 atom stereocenters. The van der Waals surface area contributed by atoms with E-state index in [9.17, 15) is 19.5 Å². The second-order valence-electron chi connectivity index (χ2n) is 8.46. The predicted molar refractivity (Wildman–Crippen MR) is 129 cm³/mol. The topological polar surface area (TPSA) is 105 Å². The van der Waals surface area contributed by atoms with Gasteiger partial charge in [-0.1, -0.05) is 54.6 Å². The first-order valence-electron chi connectivity index (χ1n) is 11.1. The summed E-state index contributed by atoms with van der Waals surface area (Å²) in [5.74, 6) is -1.44. The molecule has 0 saturated heterocycles. The van der Waals surface area contributed by atoms with Gasteiger partial charge in [-0.3, -0.25) is 4.79 Å². The summed E-state index contributed by atoms with van der Waals surface area (Å²) < 4.78 is 5.52. The summed E-state index contributed by atoms with van der Waals surface area (Å²) in [5.41, 5.74) is 5.68. The molecular weight excluding hydrogens is 432 g/mol. The number of carbonyl (C=O) groups is 3. The number of nitrogens with one attached hydrogen (secondary N) is 2. The third kappa shape index (κ3) is 4.93. The lowest BCUT2D eigenvalue weighted by Crippen LogP contribution is -2.36. The van der Waals surface area contributed by atoms with Crippen molar-refractivity contribution < 1.29 is 24.2 Å². The number of aromatic carboxylic acids is 1. The Bertz CT molecular complexity index is 1210. The monoisotopic (exact) mass is 458 g/mol. The van der Waals surface area contributed by atoms with Crippen LogP contribution in [0.2, 0.25) is 0 Å². The van der Waals surface area contributed by atoms with Crippen molar-refractivity contribution >= 4 is 23.7 Å². The number of anilines is 1. The molecule has 0 spiro atoms. The van der Waals surface area contributed by atoms with Gasteiger partial charge in [-0.2, -0.15) is 0 Å². The average molecular weight is 459 g/mol. The number of ether oxygens (including phenoxy) is 1. The van der Waals surface area contributed by atoms with Gasteiger partial charge < -0.3 is 20.5 Å². The van der Waals surface area contributed by atoms with Crippen molar-refractivity contribution in [2.45, 2.75) is 32.2 Å². The van der Waals surface area contributed by atoms with E-state index in [2.05, 4.69) is 34.9 Å². The highest BCUT2D eigenvalue weighted by Crippen LogP contribution is 2.44. The molecule has 3 aromatic carbocycles. The Morgan fingerprint density at radius 1 is 0.971 bits per heavy atom. The van der Waals surface area contributed by atoms with Gasteiger partial charge in [-0.25, -0.2) is 9.59 Å². The summed E-state index contributed by atoms with van der Waals surface area (Å²) >= 11 is 0. The third-order valence-electron chi connectivity index (χ3n) is 5.95. The molecule has 7 heteroatoms. The molecule has 7 nitrogen and oxygen atoms in total. The van der Waals surface area contributed by atoms with E-state index < -0.39 is 18.1 Å². The average Bonchev–Trinajstić information content (AvgIpc) is 3.12. The Balaban J connectivity index is 1.30. The first kappa shape index (κ1) is 23.0. The van der Waals surface area contributed by atoms with Crippen LogP contribution in [0.25, 0.3) is 11.1 Å². The molecule has 2 amide bonds. The van der Waals surface area contributed by atoms with E-state index >= 15 is 0 Å². The van der Waals surface area contributed by atoms with Gasteiger partial charge >= 0.3 is 12.1 Å². The lowest BCUT2D eigenvalue weighted by atomic mass is 9.98. The minimum absolute atomic E-state index is 0.0144. The van der Waals surface area contributed by atoms with Gasteiger partial charge in [0.05, 0.1) is 5.56 Å². The van der Waals surface area contributed by atoms with Crippen LogP contribution in [0, 0.1) is 6.92 Å². The van der Waals surface area contributed by atoms with E-state index in [1.165, 1.54) is 6.07 Å². The van der Waals surface area contributed by atoms with E-state index in [0.29, 0.717) is 11.3 Å². The lowest BCUT2D eigenvalue weighted by molar-refractivity contribution is -0.116. The van der Waals surface area contributed by atoms with Crippen molar-refractivity contribution in [1.29, 1.82) is 0 Å². The van der Waals surface area contributed by atoms with E-state index in [0.717, 1.165) is 22.3 Å². The summed E-state index contributed by atoms with van der Waals surface area (Å²) in [6.07, 6.45) is -0.578. The molecule has 1 aliphatic rings. The number of aryl methyl sites for hydroxylation is 1. The number of alkyl carbamates (subject to hydrolysis) is 1. The first-order valence-corrected chi connectivity index (χ1v) is 11.1. The molecule has 0 bridgehead atoms. The van der Waals surface area contributed by atoms with E-state index in [4.69, 9.17) is 4.74 Å².